The van der Waals surface area contributed by atoms with Gasteiger partial charge >= 0.3 is 11.8 Å². The van der Waals surface area contributed by atoms with Crippen LogP contribution in [0.2, 0.25) is 0 Å². The van der Waals surface area contributed by atoms with Crippen molar-refractivity contribution in [3.63, 3.8) is 0 Å². The lowest BCUT2D eigenvalue weighted by Crippen LogP contribution is -2.36. The van der Waals surface area contributed by atoms with Gasteiger partial charge in [-0.15, -0.1) is 0 Å². The molecule has 7 nitrogen and oxygen atoms in total. The van der Waals surface area contributed by atoms with Crippen molar-refractivity contribution >= 4 is 28.5 Å². The Labute approximate surface area is 132 Å². The van der Waals surface area contributed by atoms with Crippen LogP contribution in [-0.2, 0) is 16.0 Å². The number of rotatable bonds is 4. The van der Waals surface area contributed by atoms with E-state index in [0.717, 1.165) is 16.5 Å². The van der Waals surface area contributed by atoms with Gasteiger partial charge in [0.25, 0.3) is 0 Å². The summed E-state index contributed by atoms with van der Waals surface area (Å²) in [7, 11) is 0. The van der Waals surface area contributed by atoms with Crippen molar-refractivity contribution in [3.05, 3.63) is 47.9 Å². The lowest BCUT2D eigenvalue weighted by Gasteiger charge is -2.04. The number of hydrogen-bond acceptors (Lipinski definition) is 4. The molecule has 0 saturated carbocycles. The van der Waals surface area contributed by atoms with Crippen molar-refractivity contribution in [1.82, 2.24) is 15.5 Å². The molecule has 0 aliphatic rings. The van der Waals surface area contributed by atoms with Crippen LogP contribution >= 0.6 is 0 Å². The third kappa shape index (κ3) is 3.39. The van der Waals surface area contributed by atoms with Gasteiger partial charge in [-0.3, -0.25) is 14.9 Å². The second-order valence-corrected chi connectivity index (χ2v) is 5.14. The first-order valence-electron chi connectivity index (χ1n) is 7.21. The first kappa shape index (κ1) is 14.8. The van der Waals surface area contributed by atoms with E-state index in [1.54, 1.807) is 6.92 Å². The van der Waals surface area contributed by atoms with Gasteiger partial charge in [0.2, 0.25) is 0 Å². The summed E-state index contributed by atoms with van der Waals surface area (Å²) in [5.41, 5.74) is 2.14. The average Bonchev–Trinajstić information content (AvgIpc) is 3.14. The number of H-pyrrole nitrogens is 1. The van der Waals surface area contributed by atoms with Crippen LogP contribution < -0.4 is 10.6 Å². The van der Waals surface area contributed by atoms with E-state index >= 15 is 0 Å². The minimum Gasteiger partial charge on any atom is -0.361 e. The van der Waals surface area contributed by atoms with Crippen molar-refractivity contribution in [3.8, 4) is 0 Å². The predicted molar refractivity (Wildman–Crippen MR) is 84.9 cm³/mol. The number of aryl methyl sites for hydroxylation is 1. The number of fused-ring (bicyclic) bond motifs is 1. The maximum Gasteiger partial charge on any atom is 0.314 e. The zero-order valence-corrected chi connectivity index (χ0v) is 12.6. The number of aromatic nitrogens is 2. The van der Waals surface area contributed by atoms with E-state index in [4.69, 9.17) is 4.52 Å². The smallest absolute Gasteiger partial charge is 0.314 e. The molecular formula is C16H16N4O3. The van der Waals surface area contributed by atoms with Crippen molar-refractivity contribution in [1.29, 1.82) is 0 Å². The van der Waals surface area contributed by atoms with Crippen molar-refractivity contribution in [2.45, 2.75) is 13.3 Å². The molecule has 23 heavy (non-hydrogen) atoms. The lowest BCUT2D eigenvalue weighted by atomic mass is 10.1. The Hall–Kier alpha value is -3.09. The number of benzene rings is 1. The Morgan fingerprint density at radius 1 is 1.26 bits per heavy atom. The van der Waals surface area contributed by atoms with Gasteiger partial charge in [0.05, 0.1) is 0 Å². The maximum atomic E-state index is 11.8. The maximum absolute atomic E-state index is 11.8. The number of amides is 2. The molecule has 2 amide bonds. The molecule has 0 radical (unpaired) electrons. The molecule has 0 spiro atoms. The quantitative estimate of drug-likeness (QED) is 0.639. The zero-order chi connectivity index (χ0) is 16.2. The molecule has 118 valence electrons. The van der Waals surface area contributed by atoms with Gasteiger partial charge in [-0.2, -0.15) is 0 Å². The molecule has 1 aromatic carbocycles. The summed E-state index contributed by atoms with van der Waals surface area (Å²) < 4.78 is 4.82. The second-order valence-electron chi connectivity index (χ2n) is 5.14. The van der Waals surface area contributed by atoms with E-state index in [0.29, 0.717) is 18.7 Å². The fourth-order valence-corrected chi connectivity index (χ4v) is 2.33. The van der Waals surface area contributed by atoms with E-state index in [1.807, 2.05) is 30.5 Å². The Kier molecular flexibility index (Phi) is 4.09. The predicted octanol–water partition coefficient (Wildman–Crippen LogP) is 1.76. The third-order valence-electron chi connectivity index (χ3n) is 3.43. The highest BCUT2D eigenvalue weighted by atomic mass is 16.5. The summed E-state index contributed by atoms with van der Waals surface area (Å²) in [4.78, 5) is 26.6. The van der Waals surface area contributed by atoms with E-state index in [-0.39, 0.29) is 5.82 Å². The molecule has 0 aliphatic carbocycles. The van der Waals surface area contributed by atoms with E-state index < -0.39 is 11.8 Å². The van der Waals surface area contributed by atoms with Crippen LogP contribution in [0, 0.1) is 6.92 Å². The normalized spacial score (nSPS) is 10.7. The summed E-state index contributed by atoms with van der Waals surface area (Å²) >= 11 is 0. The standard InChI is InChI=1S/C16H16N4O3/c1-10-8-14(20-23-10)19-16(22)15(21)17-7-6-11-9-18-13-5-3-2-4-12(11)13/h2-5,8-9,18H,6-7H2,1H3,(H,17,21)(H,19,20,22). The molecule has 0 fully saturated rings. The van der Waals surface area contributed by atoms with Gasteiger partial charge in [0.15, 0.2) is 5.82 Å². The summed E-state index contributed by atoms with van der Waals surface area (Å²) in [5.74, 6) is -0.693. The highest BCUT2D eigenvalue weighted by molar-refractivity contribution is 6.39. The average molecular weight is 312 g/mol. The monoisotopic (exact) mass is 312 g/mol. The first-order chi connectivity index (χ1) is 11.1. The molecule has 3 rings (SSSR count). The minimum absolute atomic E-state index is 0.222. The Morgan fingerprint density at radius 3 is 2.87 bits per heavy atom. The van der Waals surface area contributed by atoms with Crippen LogP contribution in [0.25, 0.3) is 10.9 Å². The summed E-state index contributed by atoms with van der Waals surface area (Å²) in [6.45, 7) is 2.07. The lowest BCUT2D eigenvalue weighted by molar-refractivity contribution is -0.136. The third-order valence-corrected chi connectivity index (χ3v) is 3.43. The van der Waals surface area contributed by atoms with Crippen molar-refractivity contribution in [2.75, 3.05) is 11.9 Å². The van der Waals surface area contributed by atoms with Crippen molar-refractivity contribution in [2.24, 2.45) is 0 Å². The molecule has 0 saturated heterocycles. The molecule has 2 heterocycles. The molecule has 2 aromatic heterocycles. The topological polar surface area (TPSA) is 100 Å². The minimum atomic E-state index is -0.766. The number of para-hydroxylation sites is 1. The number of carbonyl (C=O) groups excluding carboxylic acids is 2. The van der Waals surface area contributed by atoms with E-state index in [2.05, 4.69) is 20.8 Å². The SMILES string of the molecule is Cc1cc(NC(=O)C(=O)NCCc2c[nH]c3ccccc23)no1. The van der Waals surface area contributed by atoms with Gasteiger partial charge in [0.1, 0.15) is 5.76 Å². The summed E-state index contributed by atoms with van der Waals surface area (Å²) in [6, 6.07) is 9.47. The van der Waals surface area contributed by atoms with E-state index in [1.165, 1.54) is 6.07 Å². The van der Waals surface area contributed by atoms with Crippen LogP contribution in [0.4, 0.5) is 5.82 Å². The number of aromatic amines is 1. The molecular weight excluding hydrogens is 296 g/mol. The Bertz CT molecular complexity index is 850. The Morgan fingerprint density at radius 2 is 2.09 bits per heavy atom. The van der Waals surface area contributed by atoms with Crippen molar-refractivity contribution < 1.29 is 14.1 Å². The van der Waals surface area contributed by atoms with Gasteiger partial charge in [-0.05, 0) is 25.0 Å². The highest BCUT2D eigenvalue weighted by Crippen LogP contribution is 2.17. The molecule has 0 bridgehead atoms. The number of carbonyl (C=O) groups is 2. The van der Waals surface area contributed by atoms with Gasteiger partial charge in [-0.25, -0.2) is 0 Å². The van der Waals surface area contributed by atoms with Gasteiger partial charge in [0, 0.05) is 29.7 Å². The van der Waals surface area contributed by atoms with Crippen LogP contribution in [0.5, 0.6) is 0 Å². The number of nitrogens with one attached hydrogen (secondary N) is 3. The molecule has 7 heteroatoms. The van der Waals surface area contributed by atoms with Gasteiger partial charge in [-0.1, -0.05) is 23.4 Å². The molecule has 0 unspecified atom stereocenters. The van der Waals surface area contributed by atoms with Gasteiger partial charge < -0.3 is 14.8 Å². The fourth-order valence-electron chi connectivity index (χ4n) is 2.33. The number of anilines is 1. The Balaban J connectivity index is 1.52. The van der Waals surface area contributed by atoms with Crippen LogP contribution in [0.15, 0.2) is 41.1 Å². The first-order valence-corrected chi connectivity index (χ1v) is 7.21. The van der Waals surface area contributed by atoms with Crippen LogP contribution in [-0.4, -0.2) is 28.5 Å². The molecule has 3 aromatic rings. The largest absolute Gasteiger partial charge is 0.361 e. The summed E-state index contributed by atoms with van der Waals surface area (Å²) in [6.07, 6.45) is 2.54. The van der Waals surface area contributed by atoms with E-state index in [9.17, 15) is 9.59 Å². The molecule has 0 atom stereocenters. The second kappa shape index (κ2) is 6.35. The number of nitrogens with zero attached hydrogens (tertiary/aromatic N) is 1. The molecule has 0 aliphatic heterocycles. The van der Waals surface area contributed by atoms with Crippen LogP contribution in [0.1, 0.15) is 11.3 Å². The fraction of sp³-hybridized carbons (Fsp3) is 0.188. The number of hydrogen-bond donors (Lipinski definition) is 3. The summed E-state index contributed by atoms with van der Waals surface area (Å²) in [5, 5.41) is 9.68. The molecule has 3 N–H and O–H groups in total. The highest BCUT2D eigenvalue weighted by Gasteiger charge is 2.15. The zero-order valence-electron chi connectivity index (χ0n) is 12.6. The van der Waals surface area contributed by atoms with Crippen LogP contribution in [0.3, 0.4) is 0 Å².